The molecule has 404 valence electrons. The van der Waals surface area contributed by atoms with Crippen LogP contribution in [-0.2, 0) is 90.8 Å². The first-order chi connectivity index (χ1) is 32.7. The summed E-state index contributed by atoms with van der Waals surface area (Å²) in [6, 6.07) is 0. The van der Waals surface area contributed by atoms with Crippen molar-refractivity contribution >= 4 is 53.4 Å². The molecule has 3 aliphatic heterocycles. The molecule has 3 heterocycles. The van der Waals surface area contributed by atoms with E-state index in [2.05, 4.69) is 0 Å². The van der Waals surface area contributed by atoms with Crippen LogP contribution in [0.3, 0.4) is 0 Å². The van der Waals surface area contributed by atoms with E-state index in [-0.39, 0.29) is 104 Å². The molecule has 0 spiro atoms. The number of ether oxygens (including phenoxy) is 7. The zero-order valence-electron chi connectivity index (χ0n) is 44.2. The summed E-state index contributed by atoms with van der Waals surface area (Å²) in [6.07, 6.45) is 0.385. The molecule has 22 nitrogen and oxygen atoms in total. The molecule has 6 amide bonds. The SMILES string of the molecule is CCOCC(COC(C)(C)CCOC(C)(C)CC(=O)ON1C(=O)CCC1=O)(COC(C)(C)CCOC(C)(C)CC(=O)ON1C(=O)CCC1=O)COC(C)(C)CCOC(C)(C)CC(=O)ON1C(=O)CCC1=O. The molecule has 0 saturated carbocycles. The lowest BCUT2D eigenvalue weighted by atomic mass is 9.90. The second-order valence-electron chi connectivity index (χ2n) is 22.0. The van der Waals surface area contributed by atoms with Crippen molar-refractivity contribution in [1.82, 2.24) is 15.2 Å². The average molecular weight is 1010 g/mol. The summed E-state index contributed by atoms with van der Waals surface area (Å²) in [5.74, 6) is -5.77. The van der Waals surface area contributed by atoms with Crippen molar-refractivity contribution in [2.45, 2.75) is 201 Å². The lowest BCUT2D eigenvalue weighted by Gasteiger charge is -2.41. The van der Waals surface area contributed by atoms with Crippen LogP contribution in [0, 0.1) is 5.41 Å². The average Bonchev–Trinajstić information content (AvgIpc) is 3.85. The number of hydrogen-bond acceptors (Lipinski definition) is 19. The quantitative estimate of drug-likeness (QED) is 0.0789. The van der Waals surface area contributed by atoms with Crippen LogP contribution in [0.15, 0.2) is 0 Å². The van der Waals surface area contributed by atoms with Crippen molar-refractivity contribution in [3.05, 3.63) is 0 Å². The summed E-state index contributed by atoms with van der Waals surface area (Å²) in [4.78, 5) is 125. The Balaban J connectivity index is 1.68. The standard InChI is InChI=1S/C49H79N3O19/c1-14-62-30-49(31-66-43(2,3)21-24-63-46(8,9)27-40(59)69-50-34(53)15-16-35(50)54,32-67-44(4,5)22-25-64-47(10,11)28-41(60)70-51-36(55)17-18-37(51)56)33-68-45(6,7)23-26-65-48(12,13)29-42(61)71-52-38(57)19-20-39(52)58/h14-33H2,1-13H3. The van der Waals surface area contributed by atoms with Gasteiger partial charge < -0.3 is 47.7 Å². The second kappa shape index (κ2) is 25.5. The molecule has 0 aliphatic carbocycles. The van der Waals surface area contributed by atoms with E-state index in [9.17, 15) is 43.2 Å². The van der Waals surface area contributed by atoms with E-state index in [0.717, 1.165) is 0 Å². The summed E-state index contributed by atoms with van der Waals surface area (Å²) in [5, 5.41) is 1.52. The molecule has 0 radical (unpaired) electrons. The van der Waals surface area contributed by atoms with Crippen molar-refractivity contribution in [2.24, 2.45) is 5.41 Å². The molecule has 3 saturated heterocycles. The highest BCUT2D eigenvalue weighted by Gasteiger charge is 2.41. The molecule has 3 rings (SSSR count). The van der Waals surface area contributed by atoms with Gasteiger partial charge in [-0.05, 0) is 109 Å². The summed E-state index contributed by atoms with van der Waals surface area (Å²) >= 11 is 0. The van der Waals surface area contributed by atoms with E-state index in [1.807, 2.05) is 48.5 Å². The van der Waals surface area contributed by atoms with E-state index < -0.39 is 92.4 Å². The molecule has 3 fully saturated rings. The fraction of sp³-hybridized carbons (Fsp3) is 0.816. The Morgan fingerprint density at radius 2 is 0.620 bits per heavy atom. The number of hydroxylamine groups is 6. The Morgan fingerprint density at radius 1 is 0.380 bits per heavy atom. The number of nitrogens with zero attached hydrogens (tertiary/aromatic N) is 3. The number of imide groups is 3. The molecule has 71 heavy (non-hydrogen) atoms. The van der Waals surface area contributed by atoms with Gasteiger partial charge in [-0.15, -0.1) is 15.2 Å². The zero-order valence-corrected chi connectivity index (χ0v) is 44.2. The fourth-order valence-corrected chi connectivity index (χ4v) is 7.12. The Bertz CT molecular complexity index is 1670. The van der Waals surface area contributed by atoms with Crippen molar-refractivity contribution in [2.75, 3.05) is 52.9 Å². The molecule has 0 aromatic rings. The molecule has 0 unspecified atom stereocenters. The Labute approximate surface area is 417 Å². The molecular formula is C49H79N3O19. The maximum atomic E-state index is 12.7. The van der Waals surface area contributed by atoms with Crippen LogP contribution in [-0.4, -0.2) is 155 Å². The van der Waals surface area contributed by atoms with Crippen molar-refractivity contribution < 1.29 is 90.8 Å². The van der Waals surface area contributed by atoms with Crippen molar-refractivity contribution in [3.8, 4) is 0 Å². The van der Waals surface area contributed by atoms with E-state index in [1.165, 1.54) is 0 Å². The summed E-state index contributed by atoms with van der Waals surface area (Å²) in [5.41, 5.74) is -6.31. The molecule has 22 heteroatoms. The normalized spacial score (nSPS) is 16.8. The molecule has 3 aliphatic rings. The van der Waals surface area contributed by atoms with E-state index in [1.54, 1.807) is 41.5 Å². The fourth-order valence-electron chi connectivity index (χ4n) is 7.12. The van der Waals surface area contributed by atoms with Crippen LogP contribution in [0.5, 0.6) is 0 Å². The molecular weight excluding hydrogens is 935 g/mol. The van der Waals surface area contributed by atoms with Crippen LogP contribution >= 0.6 is 0 Å². The first kappa shape index (κ1) is 60.9. The van der Waals surface area contributed by atoms with Gasteiger partial charge in [0.1, 0.15) is 0 Å². The van der Waals surface area contributed by atoms with E-state index >= 15 is 0 Å². The maximum Gasteiger partial charge on any atom is 0.336 e. The number of hydrogen-bond donors (Lipinski definition) is 0. The molecule has 0 bridgehead atoms. The smallest absolute Gasteiger partial charge is 0.336 e. The predicted molar refractivity (Wildman–Crippen MR) is 248 cm³/mol. The number of amides is 6. The van der Waals surface area contributed by atoms with E-state index in [4.69, 9.17) is 47.7 Å². The number of carbonyl (C=O) groups excluding carboxylic acids is 9. The highest BCUT2D eigenvalue weighted by atomic mass is 16.7. The second-order valence-corrected chi connectivity index (χ2v) is 22.0. The third kappa shape index (κ3) is 21.3. The third-order valence-corrected chi connectivity index (χ3v) is 11.8. The van der Waals surface area contributed by atoms with Gasteiger partial charge in [0, 0.05) is 45.1 Å². The van der Waals surface area contributed by atoms with Crippen LogP contribution in [0.2, 0.25) is 0 Å². The van der Waals surface area contributed by atoms with Crippen LogP contribution in [0.4, 0.5) is 0 Å². The third-order valence-electron chi connectivity index (χ3n) is 11.8. The van der Waals surface area contributed by atoms with Crippen LogP contribution in [0.1, 0.15) is 167 Å². The minimum Gasteiger partial charge on any atom is -0.381 e. The topological polar surface area (TPSA) is 256 Å². The number of rotatable bonds is 33. The zero-order chi connectivity index (χ0) is 53.6. The van der Waals surface area contributed by atoms with Gasteiger partial charge >= 0.3 is 17.9 Å². The van der Waals surface area contributed by atoms with Crippen LogP contribution in [0.25, 0.3) is 0 Å². The minimum atomic E-state index is -1.01. The van der Waals surface area contributed by atoms with Gasteiger partial charge in [0.05, 0.1) is 105 Å². The van der Waals surface area contributed by atoms with Gasteiger partial charge in [0.25, 0.3) is 35.4 Å². The van der Waals surface area contributed by atoms with E-state index in [0.29, 0.717) is 41.1 Å². The summed E-state index contributed by atoms with van der Waals surface area (Å²) < 4.78 is 44.4. The van der Waals surface area contributed by atoms with Gasteiger partial charge in [0.15, 0.2) is 0 Å². The lowest BCUT2D eigenvalue weighted by molar-refractivity contribution is -0.202. The van der Waals surface area contributed by atoms with Crippen molar-refractivity contribution in [3.63, 3.8) is 0 Å². The van der Waals surface area contributed by atoms with Gasteiger partial charge in [-0.2, -0.15) is 0 Å². The molecule has 0 aromatic heterocycles. The largest absolute Gasteiger partial charge is 0.381 e. The lowest BCUT2D eigenvalue weighted by Crippen LogP contribution is -2.48. The molecule has 0 N–H and O–H groups in total. The Hall–Kier alpha value is -4.45. The van der Waals surface area contributed by atoms with Gasteiger partial charge in [-0.1, -0.05) is 0 Å². The first-order valence-electron chi connectivity index (χ1n) is 24.3. The number of carbonyl (C=O) groups is 9. The minimum absolute atomic E-state index is 0.0162. The van der Waals surface area contributed by atoms with Crippen molar-refractivity contribution in [1.29, 1.82) is 0 Å². The van der Waals surface area contributed by atoms with Gasteiger partial charge in [0.2, 0.25) is 0 Å². The monoisotopic (exact) mass is 1010 g/mol. The van der Waals surface area contributed by atoms with Crippen LogP contribution < -0.4 is 0 Å². The van der Waals surface area contributed by atoms with Gasteiger partial charge in [-0.3, -0.25) is 28.8 Å². The predicted octanol–water partition coefficient (Wildman–Crippen LogP) is 4.94. The maximum absolute atomic E-state index is 12.7. The first-order valence-corrected chi connectivity index (χ1v) is 24.3. The highest BCUT2D eigenvalue weighted by molar-refractivity contribution is 6.02. The summed E-state index contributed by atoms with van der Waals surface area (Å²) in [7, 11) is 0. The molecule has 0 aromatic carbocycles. The van der Waals surface area contributed by atoms with Gasteiger partial charge in [-0.25, -0.2) is 14.4 Å². The molecule has 0 atom stereocenters. The summed E-state index contributed by atoms with van der Waals surface area (Å²) in [6.45, 7) is 24.8. The Kier molecular flexibility index (Phi) is 21.8. The highest BCUT2D eigenvalue weighted by Crippen LogP contribution is 2.32. The Morgan fingerprint density at radius 3 is 0.845 bits per heavy atom.